The first-order valence-electron chi connectivity index (χ1n) is 6.78. The molecule has 0 spiro atoms. The quantitative estimate of drug-likeness (QED) is 0.808. The van der Waals surface area contributed by atoms with E-state index in [9.17, 15) is 0 Å². The zero-order valence-electron chi connectivity index (χ0n) is 11.5. The summed E-state index contributed by atoms with van der Waals surface area (Å²) in [6.45, 7) is 4.56. The third kappa shape index (κ3) is 3.11. The van der Waals surface area contributed by atoms with Crippen LogP contribution in [0.5, 0.6) is 0 Å². The van der Waals surface area contributed by atoms with Gasteiger partial charge in [0.1, 0.15) is 16.6 Å². The minimum absolute atomic E-state index is 0.204. The molecule has 0 aromatic carbocycles. The summed E-state index contributed by atoms with van der Waals surface area (Å²) >= 11 is 7.72. The van der Waals surface area contributed by atoms with E-state index in [0.717, 1.165) is 23.1 Å². The van der Waals surface area contributed by atoms with E-state index < -0.39 is 0 Å². The third-order valence-corrected chi connectivity index (χ3v) is 4.52. The second-order valence-electron chi connectivity index (χ2n) is 5.23. The fourth-order valence-electron chi connectivity index (χ4n) is 2.60. The van der Waals surface area contributed by atoms with Crippen LogP contribution in [0.2, 0.25) is 5.15 Å². The molecule has 3 rings (SSSR count). The van der Waals surface area contributed by atoms with E-state index in [4.69, 9.17) is 21.1 Å². The first-order chi connectivity index (χ1) is 9.61. The van der Waals surface area contributed by atoms with Crippen molar-refractivity contribution in [1.29, 1.82) is 0 Å². The fraction of sp³-hybridized carbons (Fsp3) is 0.571. The minimum atomic E-state index is 0.204. The van der Waals surface area contributed by atoms with E-state index in [-0.39, 0.29) is 18.3 Å². The second kappa shape index (κ2) is 5.93. The number of rotatable bonds is 3. The van der Waals surface area contributed by atoms with Gasteiger partial charge in [0.2, 0.25) is 0 Å². The van der Waals surface area contributed by atoms with E-state index in [1.54, 1.807) is 11.3 Å². The molecule has 2 unspecified atom stereocenters. The van der Waals surface area contributed by atoms with Gasteiger partial charge in [-0.15, -0.1) is 11.3 Å². The molecule has 2 aromatic heterocycles. The summed E-state index contributed by atoms with van der Waals surface area (Å²) in [5, 5.41) is 3.38. The molecule has 1 aliphatic rings. The molecule has 20 heavy (non-hydrogen) atoms. The van der Waals surface area contributed by atoms with Crippen LogP contribution in [-0.2, 0) is 16.1 Å². The largest absolute Gasteiger partial charge is 0.375 e. The molecule has 1 aliphatic heterocycles. The third-order valence-electron chi connectivity index (χ3n) is 3.43. The Morgan fingerprint density at radius 2 is 2.10 bits per heavy atom. The molecule has 2 aromatic rings. The van der Waals surface area contributed by atoms with Gasteiger partial charge in [-0.2, -0.15) is 0 Å². The van der Waals surface area contributed by atoms with Crippen LogP contribution in [0, 0.1) is 0 Å². The van der Waals surface area contributed by atoms with Crippen LogP contribution in [0.4, 0.5) is 0 Å². The highest BCUT2D eigenvalue weighted by atomic mass is 35.5. The van der Waals surface area contributed by atoms with Crippen molar-refractivity contribution in [3.63, 3.8) is 0 Å². The molecular formula is C14H17ClN2O2S. The Balaban J connectivity index is 1.67. The maximum atomic E-state index is 6.15. The molecule has 0 bridgehead atoms. The molecule has 6 heteroatoms. The number of ether oxygens (including phenoxy) is 2. The van der Waals surface area contributed by atoms with Crippen molar-refractivity contribution in [1.82, 2.24) is 9.97 Å². The van der Waals surface area contributed by atoms with Gasteiger partial charge in [-0.25, -0.2) is 9.97 Å². The number of thiophene rings is 1. The highest BCUT2D eigenvalue weighted by Gasteiger charge is 2.25. The van der Waals surface area contributed by atoms with Crippen molar-refractivity contribution in [2.24, 2.45) is 0 Å². The van der Waals surface area contributed by atoms with Gasteiger partial charge in [0, 0.05) is 5.39 Å². The number of halogens is 1. The molecule has 1 saturated heterocycles. The molecule has 0 radical (unpaired) electrons. The zero-order valence-corrected chi connectivity index (χ0v) is 13.1. The normalized spacial score (nSPS) is 27.1. The van der Waals surface area contributed by atoms with Crippen molar-refractivity contribution >= 4 is 33.2 Å². The lowest BCUT2D eigenvalue weighted by Crippen LogP contribution is -2.34. The molecule has 108 valence electrons. The van der Waals surface area contributed by atoms with E-state index in [1.165, 1.54) is 0 Å². The Morgan fingerprint density at radius 1 is 1.35 bits per heavy atom. The second-order valence-corrected chi connectivity index (χ2v) is 6.48. The number of hydrogen-bond donors (Lipinski definition) is 0. The van der Waals surface area contributed by atoms with Gasteiger partial charge in [-0.3, -0.25) is 0 Å². The van der Waals surface area contributed by atoms with E-state index in [0.29, 0.717) is 17.6 Å². The van der Waals surface area contributed by atoms with Crippen LogP contribution in [0.15, 0.2) is 11.4 Å². The Kier molecular flexibility index (Phi) is 4.21. The van der Waals surface area contributed by atoms with Crippen molar-refractivity contribution < 1.29 is 9.47 Å². The maximum absolute atomic E-state index is 6.15. The summed E-state index contributed by atoms with van der Waals surface area (Å²) in [5.41, 5.74) is 0. The summed E-state index contributed by atoms with van der Waals surface area (Å²) < 4.78 is 11.6. The van der Waals surface area contributed by atoms with Crippen LogP contribution < -0.4 is 0 Å². The van der Waals surface area contributed by atoms with Gasteiger partial charge >= 0.3 is 0 Å². The Hall–Kier alpha value is -0.750. The Morgan fingerprint density at radius 3 is 2.85 bits per heavy atom. The zero-order chi connectivity index (χ0) is 14.1. The number of nitrogens with zero attached hydrogens (tertiary/aromatic N) is 2. The van der Waals surface area contributed by atoms with Crippen LogP contribution in [0.3, 0.4) is 0 Å². The average Bonchev–Trinajstić information content (AvgIpc) is 2.84. The molecule has 0 saturated carbocycles. The topological polar surface area (TPSA) is 44.2 Å². The Labute approximate surface area is 127 Å². The number of aromatic nitrogens is 2. The van der Waals surface area contributed by atoms with Crippen molar-refractivity contribution in [2.45, 2.75) is 51.6 Å². The van der Waals surface area contributed by atoms with Gasteiger partial charge in [-0.05, 0) is 38.1 Å². The lowest BCUT2D eigenvalue weighted by molar-refractivity contribution is -0.107. The van der Waals surface area contributed by atoms with Crippen LogP contribution in [0.1, 0.15) is 32.5 Å². The lowest BCUT2D eigenvalue weighted by atomic mass is 10.0. The molecular weight excluding hydrogens is 296 g/mol. The fourth-order valence-corrected chi connectivity index (χ4v) is 3.69. The van der Waals surface area contributed by atoms with E-state index in [2.05, 4.69) is 23.8 Å². The molecule has 0 N–H and O–H groups in total. The van der Waals surface area contributed by atoms with Gasteiger partial charge < -0.3 is 9.47 Å². The highest BCUT2D eigenvalue weighted by molar-refractivity contribution is 7.16. The minimum Gasteiger partial charge on any atom is -0.375 e. The molecule has 4 nitrogen and oxygen atoms in total. The van der Waals surface area contributed by atoms with Gasteiger partial charge in [0.05, 0.1) is 18.3 Å². The molecule has 0 amide bonds. The molecule has 2 atom stereocenters. The van der Waals surface area contributed by atoms with Crippen molar-refractivity contribution in [3.8, 4) is 0 Å². The summed E-state index contributed by atoms with van der Waals surface area (Å²) in [6, 6.07) is 1.94. The maximum Gasteiger partial charge on any atom is 0.157 e. The molecule has 0 aliphatic carbocycles. The number of fused-ring (bicyclic) bond motifs is 1. The van der Waals surface area contributed by atoms with Gasteiger partial charge in [-0.1, -0.05) is 11.6 Å². The molecule has 3 heterocycles. The first-order valence-corrected chi connectivity index (χ1v) is 8.04. The summed E-state index contributed by atoms with van der Waals surface area (Å²) in [4.78, 5) is 9.70. The van der Waals surface area contributed by atoms with Gasteiger partial charge in [0.25, 0.3) is 0 Å². The monoisotopic (exact) mass is 312 g/mol. The summed E-state index contributed by atoms with van der Waals surface area (Å²) in [7, 11) is 0. The Bertz CT molecular complexity index is 594. The standard InChI is InChI=1S/C14H17ClN2O2S/c1-8-5-10(6-9(2)19-8)18-7-12-16-13(15)11-3-4-20-14(11)17-12/h3-4,8-10H,5-7H2,1-2H3. The van der Waals surface area contributed by atoms with Crippen molar-refractivity contribution in [3.05, 3.63) is 22.4 Å². The lowest BCUT2D eigenvalue weighted by Gasteiger charge is -2.31. The van der Waals surface area contributed by atoms with Gasteiger partial charge in [0.15, 0.2) is 5.82 Å². The van der Waals surface area contributed by atoms with Crippen molar-refractivity contribution in [2.75, 3.05) is 0 Å². The highest BCUT2D eigenvalue weighted by Crippen LogP contribution is 2.26. The average molecular weight is 313 g/mol. The SMILES string of the molecule is CC1CC(OCc2nc(Cl)c3ccsc3n2)CC(C)O1. The van der Waals surface area contributed by atoms with E-state index in [1.807, 2.05) is 11.4 Å². The van der Waals surface area contributed by atoms with Crippen LogP contribution in [0.25, 0.3) is 10.2 Å². The summed E-state index contributed by atoms with van der Waals surface area (Å²) in [6.07, 6.45) is 2.52. The smallest absolute Gasteiger partial charge is 0.157 e. The summed E-state index contributed by atoms with van der Waals surface area (Å²) in [5.74, 6) is 0.650. The van der Waals surface area contributed by atoms with E-state index >= 15 is 0 Å². The molecule has 1 fully saturated rings. The predicted molar refractivity (Wildman–Crippen MR) is 80.2 cm³/mol. The number of hydrogen-bond acceptors (Lipinski definition) is 5. The van der Waals surface area contributed by atoms with Crippen LogP contribution >= 0.6 is 22.9 Å². The van der Waals surface area contributed by atoms with Crippen LogP contribution in [-0.4, -0.2) is 28.3 Å². The predicted octanol–water partition coefficient (Wildman–Crippen LogP) is 3.82. The first kappa shape index (κ1) is 14.2.